The van der Waals surface area contributed by atoms with E-state index in [9.17, 15) is 9.59 Å². The van der Waals surface area contributed by atoms with Crippen LogP contribution in [0.3, 0.4) is 0 Å². The smallest absolute Gasteiger partial charge is 0.224 e. The number of hydrogen-bond donors (Lipinski definition) is 3. The lowest BCUT2D eigenvalue weighted by atomic mass is 10.1. The highest BCUT2D eigenvalue weighted by molar-refractivity contribution is 5.90. The molecule has 1 aromatic carbocycles. The maximum absolute atomic E-state index is 11.8. The molecule has 0 aliphatic rings. The van der Waals surface area contributed by atoms with Crippen molar-refractivity contribution in [3.8, 4) is 0 Å². The van der Waals surface area contributed by atoms with Crippen LogP contribution in [-0.2, 0) is 16.0 Å². The van der Waals surface area contributed by atoms with Crippen molar-refractivity contribution in [3.05, 3.63) is 42.5 Å². The Morgan fingerprint density at radius 3 is 2.50 bits per heavy atom. The molecule has 120 valence electrons. The summed E-state index contributed by atoms with van der Waals surface area (Å²) in [4.78, 5) is 23.4. The molecule has 1 rings (SSSR count). The molecule has 0 saturated heterocycles. The monoisotopic (exact) mass is 304 g/mol. The fraction of sp³-hybridized carbons (Fsp3) is 0.412. The van der Waals surface area contributed by atoms with E-state index in [1.807, 2.05) is 19.1 Å². The Labute approximate surface area is 131 Å². The van der Waals surface area contributed by atoms with E-state index >= 15 is 0 Å². The second-order valence-corrected chi connectivity index (χ2v) is 5.10. The van der Waals surface area contributed by atoms with Crippen molar-refractivity contribution in [1.82, 2.24) is 5.32 Å². The number of rotatable bonds is 9. The molecule has 0 fully saturated rings. The lowest BCUT2D eigenvalue weighted by molar-refractivity contribution is -0.121. The largest absolute Gasteiger partial charge is 0.394 e. The van der Waals surface area contributed by atoms with E-state index in [0.29, 0.717) is 24.9 Å². The van der Waals surface area contributed by atoms with E-state index in [1.54, 1.807) is 18.2 Å². The summed E-state index contributed by atoms with van der Waals surface area (Å²) in [5.74, 6) is -0.178. The van der Waals surface area contributed by atoms with Crippen LogP contribution < -0.4 is 10.6 Å². The van der Waals surface area contributed by atoms with Gasteiger partial charge < -0.3 is 15.7 Å². The molecule has 1 aromatic rings. The zero-order valence-electron chi connectivity index (χ0n) is 13.0. The normalized spacial score (nSPS) is 11.5. The van der Waals surface area contributed by atoms with Gasteiger partial charge in [-0.05, 0) is 30.5 Å². The van der Waals surface area contributed by atoms with Crippen LogP contribution in [0.5, 0.6) is 0 Å². The van der Waals surface area contributed by atoms with Gasteiger partial charge >= 0.3 is 0 Å². The number of hydrogen-bond acceptors (Lipinski definition) is 3. The molecule has 5 heteroatoms. The van der Waals surface area contributed by atoms with Crippen LogP contribution in [0, 0.1) is 0 Å². The maximum atomic E-state index is 11.8. The van der Waals surface area contributed by atoms with E-state index < -0.39 is 0 Å². The van der Waals surface area contributed by atoms with E-state index in [0.717, 1.165) is 5.56 Å². The number of anilines is 1. The molecule has 0 bridgehead atoms. The molecule has 1 unspecified atom stereocenters. The minimum Gasteiger partial charge on any atom is -0.394 e. The van der Waals surface area contributed by atoms with Crippen LogP contribution in [-0.4, -0.2) is 29.6 Å². The van der Waals surface area contributed by atoms with Gasteiger partial charge in [-0.25, -0.2) is 0 Å². The summed E-state index contributed by atoms with van der Waals surface area (Å²) in [7, 11) is 0. The topological polar surface area (TPSA) is 78.4 Å². The van der Waals surface area contributed by atoms with Crippen LogP contribution >= 0.6 is 0 Å². The molecule has 22 heavy (non-hydrogen) atoms. The van der Waals surface area contributed by atoms with Gasteiger partial charge in [0, 0.05) is 12.1 Å². The summed E-state index contributed by atoms with van der Waals surface area (Å²) in [6.07, 6.45) is 3.71. The number of aliphatic hydroxyl groups excluding tert-OH is 1. The number of nitrogens with one attached hydrogen (secondary N) is 2. The zero-order valence-corrected chi connectivity index (χ0v) is 13.0. The quantitative estimate of drug-likeness (QED) is 0.611. The summed E-state index contributed by atoms with van der Waals surface area (Å²) in [5, 5.41) is 14.6. The highest BCUT2D eigenvalue weighted by Gasteiger charge is 2.10. The predicted molar refractivity (Wildman–Crippen MR) is 87.5 cm³/mol. The predicted octanol–water partition coefficient (Wildman–Crippen LogP) is 2.02. The van der Waals surface area contributed by atoms with E-state index in [4.69, 9.17) is 5.11 Å². The Kier molecular flexibility index (Phi) is 7.92. The van der Waals surface area contributed by atoms with Gasteiger partial charge in [0.05, 0.1) is 19.1 Å². The molecule has 3 N–H and O–H groups in total. The van der Waals surface area contributed by atoms with E-state index in [-0.39, 0.29) is 30.9 Å². The standard InChI is InChI=1S/C17H24N2O3/c1-3-5-6-16(21)19-15-9-7-13(8-10-15)11-17(22)18-14(4-2)12-20/h3,7-10,14,20H,1,4-6,11-12H2,2H3,(H,18,22)(H,19,21). The highest BCUT2D eigenvalue weighted by atomic mass is 16.3. The Morgan fingerprint density at radius 1 is 1.27 bits per heavy atom. The summed E-state index contributed by atoms with van der Waals surface area (Å²) in [6, 6.07) is 6.97. The lowest BCUT2D eigenvalue weighted by Gasteiger charge is -2.14. The zero-order chi connectivity index (χ0) is 16.4. The Hall–Kier alpha value is -2.14. The van der Waals surface area contributed by atoms with E-state index in [1.165, 1.54) is 0 Å². The van der Waals surface area contributed by atoms with Gasteiger partial charge in [-0.15, -0.1) is 6.58 Å². The molecule has 0 aliphatic heterocycles. The van der Waals surface area contributed by atoms with E-state index in [2.05, 4.69) is 17.2 Å². The van der Waals surface area contributed by atoms with Crippen molar-refractivity contribution in [3.63, 3.8) is 0 Å². The molecule has 0 heterocycles. The third-order valence-corrected chi connectivity index (χ3v) is 3.26. The molecule has 0 radical (unpaired) electrons. The molecule has 0 aliphatic carbocycles. The molecule has 0 spiro atoms. The van der Waals surface area contributed by atoms with Crippen molar-refractivity contribution in [1.29, 1.82) is 0 Å². The van der Waals surface area contributed by atoms with Crippen LogP contribution in [0.4, 0.5) is 5.69 Å². The average molecular weight is 304 g/mol. The number of amides is 2. The Bertz CT molecular complexity index is 493. The van der Waals surface area contributed by atoms with Crippen LogP contribution in [0.2, 0.25) is 0 Å². The minimum atomic E-state index is -0.198. The van der Waals surface area contributed by atoms with Crippen molar-refractivity contribution in [2.45, 2.75) is 38.6 Å². The third kappa shape index (κ3) is 6.54. The first-order valence-electron chi connectivity index (χ1n) is 7.49. The SMILES string of the molecule is C=CCCC(=O)Nc1ccc(CC(=O)NC(CC)CO)cc1. The number of aliphatic hydroxyl groups is 1. The average Bonchev–Trinajstić information content (AvgIpc) is 2.52. The second-order valence-electron chi connectivity index (χ2n) is 5.10. The van der Waals surface area contributed by atoms with Crippen molar-refractivity contribution < 1.29 is 14.7 Å². The van der Waals surface area contributed by atoms with Gasteiger partial charge in [0.15, 0.2) is 0 Å². The molecule has 5 nitrogen and oxygen atoms in total. The highest BCUT2D eigenvalue weighted by Crippen LogP contribution is 2.11. The second kappa shape index (κ2) is 9.73. The van der Waals surface area contributed by atoms with Crippen LogP contribution in [0.15, 0.2) is 36.9 Å². The molecular formula is C17H24N2O3. The first-order valence-corrected chi connectivity index (χ1v) is 7.49. The molecule has 2 amide bonds. The third-order valence-electron chi connectivity index (χ3n) is 3.26. The summed E-state index contributed by atoms with van der Waals surface area (Å²) >= 11 is 0. The number of allylic oxidation sites excluding steroid dienone is 1. The summed E-state index contributed by atoms with van der Waals surface area (Å²) < 4.78 is 0. The minimum absolute atomic E-state index is 0.0564. The lowest BCUT2D eigenvalue weighted by Crippen LogP contribution is -2.37. The summed E-state index contributed by atoms with van der Waals surface area (Å²) in [5.41, 5.74) is 1.56. The van der Waals surface area contributed by atoms with Crippen molar-refractivity contribution >= 4 is 17.5 Å². The van der Waals surface area contributed by atoms with Gasteiger partial charge in [0.1, 0.15) is 0 Å². The molecule has 1 atom stereocenters. The van der Waals surface area contributed by atoms with Gasteiger partial charge in [-0.3, -0.25) is 9.59 Å². The Morgan fingerprint density at radius 2 is 1.95 bits per heavy atom. The molecule has 0 saturated carbocycles. The fourth-order valence-corrected chi connectivity index (χ4v) is 1.90. The van der Waals surface area contributed by atoms with Gasteiger partial charge in [-0.1, -0.05) is 25.1 Å². The van der Waals surface area contributed by atoms with Crippen molar-refractivity contribution in [2.75, 3.05) is 11.9 Å². The number of benzene rings is 1. The van der Waals surface area contributed by atoms with Gasteiger partial charge in [0.2, 0.25) is 11.8 Å². The van der Waals surface area contributed by atoms with Crippen molar-refractivity contribution in [2.24, 2.45) is 0 Å². The maximum Gasteiger partial charge on any atom is 0.224 e. The van der Waals surface area contributed by atoms with Gasteiger partial charge in [-0.2, -0.15) is 0 Å². The first kappa shape index (κ1) is 17.9. The van der Waals surface area contributed by atoms with Crippen LogP contribution in [0.1, 0.15) is 31.7 Å². The van der Waals surface area contributed by atoms with Gasteiger partial charge in [0.25, 0.3) is 0 Å². The molecule has 0 aromatic heterocycles. The first-order chi connectivity index (χ1) is 10.6. The number of carbonyl (C=O) groups is 2. The number of carbonyl (C=O) groups excluding carboxylic acids is 2. The summed E-state index contributed by atoms with van der Waals surface area (Å²) in [6.45, 7) is 5.43. The molecular weight excluding hydrogens is 280 g/mol. The Balaban J connectivity index is 2.49. The fourth-order valence-electron chi connectivity index (χ4n) is 1.90. The van der Waals surface area contributed by atoms with Crippen LogP contribution in [0.25, 0.3) is 0 Å².